The predicted octanol–water partition coefficient (Wildman–Crippen LogP) is 4.23. The van der Waals surface area contributed by atoms with E-state index in [0.29, 0.717) is 17.6 Å². The number of hydrogen-bond donors (Lipinski definition) is 3. The third kappa shape index (κ3) is 6.74. The van der Waals surface area contributed by atoms with Gasteiger partial charge in [0.2, 0.25) is 0 Å². The van der Waals surface area contributed by atoms with E-state index in [1.54, 1.807) is 6.92 Å². The number of rotatable bonds is 7. The molecule has 0 unspecified atom stereocenters. The van der Waals surface area contributed by atoms with Crippen molar-refractivity contribution in [1.82, 2.24) is 24.6 Å². The lowest BCUT2D eigenvalue weighted by Crippen LogP contribution is -2.60. The molecule has 3 aromatic rings. The SMILES string of the molecule is Cc1nsc(Nc2cnc(C(F)(F)F)cn2)c1C(=O)Nc1ccc(C(=O)NC2CN(CC(F)(F)F)C2)cc1. The van der Waals surface area contributed by atoms with E-state index in [-0.39, 0.29) is 35.0 Å². The molecule has 202 valence electrons. The second kappa shape index (κ2) is 10.5. The summed E-state index contributed by atoms with van der Waals surface area (Å²) < 4.78 is 79.3. The van der Waals surface area contributed by atoms with Crippen LogP contribution in [0.4, 0.5) is 42.8 Å². The Morgan fingerprint density at radius 3 is 2.29 bits per heavy atom. The molecular formula is C22H19F6N7O2S. The number of benzene rings is 1. The van der Waals surface area contributed by atoms with Crippen LogP contribution in [0.15, 0.2) is 36.7 Å². The van der Waals surface area contributed by atoms with Crippen molar-refractivity contribution in [2.24, 2.45) is 0 Å². The number of anilines is 3. The molecule has 0 atom stereocenters. The first-order valence-corrected chi connectivity index (χ1v) is 11.7. The van der Waals surface area contributed by atoms with Crippen LogP contribution in [0.3, 0.4) is 0 Å². The molecule has 4 rings (SSSR count). The molecule has 0 radical (unpaired) electrons. The number of halogens is 6. The monoisotopic (exact) mass is 559 g/mol. The van der Waals surface area contributed by atoms with Gasteiger partial charge in [-0.3, -0.25) is 14.5 Å². The molecule has 38 heavy (non-hydrogen) atoms. The summed E-state index contributed by atoms with van der Waals surface area (Å²) in [5.41, 5.74) is -0.0427. The minimum atomic E-state index is -4.64. The van der Waals surface area contributed by atoms with E-state index in [4.69, 9.17) is 0 Å². The molecule has 16 heteroatoms. The maximum atomic E-state index is 12.9. The molecule has 3 N–H and O–H groups in total. The van der Waals surface area contributed by atoms with Gasteiger partial charge in [0.1, 0.15) is 10.8 Å². The number of nitrogens with zero attached hydrogens (tertiary/aromatic N) is 4. The largest absolute Gasteiger partial charge is 0.434 e. The zero-order valence-electron chi connectivity index (χ0n) is 19.4. The summed E-state index contributed by atoms with van der Waals surface area (Å²) in [5, 5.41) is 8.30. The maximum Gasteiger partial charge on any atom is 0.434 e. The number of aryl methyl sites for hydroxylation is 1. The Labute approximate surface area is 215 Å². The lowest BCUT2D eigenvalue weighted by Gasteiger charge is -2.39. The summed E-state index contributed by atoms with van der Waals surface area (Å²) in [6.07, 6.45) is -7.47. The highest BCUT2D eigenvalue weighted by molar-refractivity contribution is 7.10. The molecule has 3 heterocycles. The third-order valence-electron chi connectivity index (χ3n) is 5.37. The quantitative estimate of drug-likeness (QED) is 0.372. The molecule has 1 fully saturated rings. The summed E-state index contributed by atoms with van der Waals surface area (Å²) in [5.74, 6) is -1.03. The third-order valence-corrected chi connectivity index (χ3v) is 6.23. The van der Waals surface area contributed by atoms with Crippen LogP contribution in [0.1, 0.15) is 32.1 Å². The highest BCUT2D eigenvalue weighted by Gasteiger charge is 2.37. The number of alkyl halides is 6. The van der Waals surface area contributed by atoms with Crippen molar-refractivity contribution >= 4 is 39.9 Å². The Morgan fingerprint density at radius 2 is 1.71 bits per heavy atom. The van der Waals surface area contributed by atoms with Gasteiger partial charge in [0.25, 0.3) is 11.8 Å². The molecule has 1 aliphatic rings. The van der Waals surface area contributed by atoms with Crippen molar-refractivity contribution < 1.29 is 35.9 Å². The Kier molecular flexibility index (Phi) is 7.55. The molecule has 2 aromatic heterocycles. The smallest absolute Gasteiger partial charge is 0.347 e. The minimum absolute atomic E-state index is 0.0148. The zero-order chi connectivity index (χ0) is 27.7. The second-order valence-corrected chi connectivity index (χ2v) is 9.17. The van der Waals surface area contributed by atoms with Gasteiger partial charge in [0, 0.05) is 24.3 Å². The first kappa shape index (κ1) is 27.3. The number of amides is 2. The number of hydrogen-bond acceptors (Lipinski definition) is 8. The van der Waals surface area contributed by atoms with Gasteiger partial charge >= 0.3 is 12.4 Å². The van der Waals surface area contributed by atoms with Crippen LogP contribution >= 0.6 is 11.5 Å². The van der Waals surface area contributed by atoms with Gasteiger partial charge in [-0.05, 0) is 42.7 Å². The molecule has 1 aromatic carbocycles. The van der Waals surface area contributed by atoms with Crippen LogP contribution in [0.2, 0.25) is 0 Å². The van der Waals surface area contributed by atoms with Crippen LogP contribution in [-0.2, 0) is 6.18 Å². The standard InChI is InChI=1S/C22H19F6N7O2S/c1-11-17(20(38-34-11)33-16-7-29-15(6-30-16)22(26,27)28)19(37)31-13-4-2-12(3-5-13)18(36)32-14-8-35(9-14)10-21(23,24)25/h2-7,14H,8-10H2,1H3,(H,30,33)(H,31,37)(H,32,36). The maximum absolute atomic E-state index is 12.9. The lowest BCUT2D eigenvalue weighted by atomic mass is 10.1. The van der Waals surface area contributed by atoms with Crippen LogP contribution in [0.5, 0.6) is 0 Å². The van der Waals surface area contributed by atoms with Crippen molar-refractivity contribution in [3.05, 3.63) is 59.2 Å². The lowest BCUT2D eigenvalue weighted by molar-refractivity contribution is -0.155. The van der Waals surface area contributed by atoms with E-state index in [1.807, 2.05) is 0 Å². The number of likely N-dealkylation sites (tertiary alicyclic amines) is 1. The zero-order valence-corrected chi connectivity index (χ0v) is 20.3. The van der Waals surface area contributed by atoms with E-state index in [1.165, 1.54) is 29.2 Å². The fraction of sp³-hybridized carbons (Fsp3) is 0.318. The first-order valence-electron chi connectivity index (χ1n) is 10.9. The summed E-state index contributed by atoms with van der Waals surface area (Å²) in [4.78, 5) is 33.4. The molecular weight excluding hydrogens is 540 g/mol. The van der Waals surface area contributed by atoms with Gasteiger partial charge in [-0.2, -0.15) is 30.7 Å². The molecule has 0 spiro atoms. The van der Waals surface area contributed by atoms with Crippen LogP contribution < -0.4 is 16.0 Å². The van der Waals surface area contributed by atoms with E-state index >= 15 is 0 Å². The summed E-state index contributed by atoms with van der Waals surface area (Å²) in [6.45, 7) is 0.754. The highest BCUT2D eigenvalue weighted by atomic mass is 32.1. The van der Waals surface area contributed by atoms with Crippen molar-refractivity contribution in [2.75, 3.05) is 30.3 Å². The van der Waals surface area contributed by atoms with Crippen LogP contribution in [0, 0.1) is 6.92 Å². The number of aromatic nitrogens is 3. The fourth-order valence-electron chi connectivity index (χ4n) is 3.59. The molecule has 9 nitrogen and oxygen atoms in total. The Balaban J connectivity index is 1.34. The van der Waals surface area contributed by atoms with Crippen molar-refractivity contribution in [2.45, 2.75) is 25.3 Å². The molecule has 0 bridgehead atoms. The van der Waals surface area contributed by atoms with Gasteiger partial charge in [0.05, 0.1) is 36.2 Å². The second-order valence-electron chi connectivity index (χ2n) is 8.39. The average Bonchev–Trinajstić information content (AvgIpc) is 3.16. The summed E-state index contributed by atoms with van der Waals surface area (Å²) in [7, 11) is 0. The average molecular weight is 559 g/mol. The number of nitrogens with one attached hydrogen (secondary N) is 3. The fourth-order valence-corrected chi connectivity index (χ4v) is 4.39. The van der Waals surface area contributed by atoms with Crippen molar-refractivity contribution in [3.8, 4) is 0 Å². The minimum Gasteiger partial charge on any atom is -0.347 e. The van der Waals surface area contributed by atoms with E-state index < -0.39 is 42.4 Å². The Bertz CT molecular complexity index is 1300. The normalized spacial score (nSPS) is 14.6. The van der Waals surface area contributed by atoms with E-state index in [9.17, 15) is 35.9 Å². The summed E-state index contributed by atoms with van der Waals surface area (Å²) >= 11 is 0.912. The van der Waals surface area contributed by atoms with Gasteiger partial charge in [-0.25, -0.2) is 9.97 Å². The Morgan fingerprint density at radius 1 is 1.03 bits per heavy atom. The topological polar surface area (TPSA) is 112 Å². The first-order chi connectivity index (χ1) is 17.8. The highest BCUT2D eigenvalue weighted by Crippen LogP contribution is 2.30. The van der Waals surface area contributed by atoms with Gasteiger partial charge < -0.3 is 16.0 Å². The summed E-state index contributed by atoms with van der Waals surface area (Å²) in [6, 6.07) is 5.47. The molecule has 2 amide bonds. The molecule has 1 aliphatic heterocycles. The van der Waals surface area contributed by atoms with Gasteiger partial charge in [-0.15, -0.1) is 0 Å². The van der Waals surface area contributed by atoms with Gasteiger partial charge in [0.15, 0.2) is 5.69 Å². The van der Waals surface area contributed by atoms with Crippen LogP contribution in [0.25, 0.3) is 0 Å². The van der Waals surface area contributed by atoms with Crippen LogP contribution in [-0.4, -0.2) is 62.9 Å². The Hall–Kier alpha value is -3.79. The molecule has 1 saturated heterocycles. The number of carbonyl (C=O) groups is 2. The van der Waals surface area contributed by atoms with Crippen molar-refractivity contribution in [3.63, 3.8) is 0 Å². The molecule has 0 saturated carbocycles. The number of carbonyl (C=O) groups excluding carboxylic acids is 2. The molecule has 0 aliphatic carbocycles. The van der Waals surface area contributed by atoms with E-state index in [0.717, 1.165) is 17.7 Å². The predicted molar refractivity (Wildman–Crippen MR) is 125 cm³/mol. The van der Waals surface area contributed by atoms with E-state index in [2.05, 4.69) is 30.3 Å². The van der Waals surface area contributed by atoms with Crippen molar-refractivity contribution in [1.29, 1.82) is 0 Å². The van der Waals surface area contributed by atoms with Gasteiger partial charge in [-0.1, -0.05) is 0 Å².